The first-order valence-corrected chi connectivity index (χ1v) is 12.2. The fourth-order valence-electron chi connectivity index (χ4n) is 4.49. The average molecular weight is 602 g/mol. The molecule has 1 heterocycles. The van der Waals surface area contributed by atoms with Crippen molar-refractivity contribution in [1.29, 1.82) is 0 Å². The van der Waals surface area contributed by atoms with Gasteiger partial charge in [0.05, 0.1) is 30.8 Å². The normalized spacial score (nSPS) is 18.1. The molecular formula is C27H22BrF6NO3. The van der Waals surface area contributed by atoms with Gasteiger partial charge in [-0.05, 0) is 66.9 Å². The summed E-state index contributed by atoms with van der Waals surface area (Å²) in [6.45, 7) is 3.40. The van der Waals surface area contributed by atoms with Crippen molar-refractivity contribution in [1.82, 2.24) is 4.90 Å². The summed E-state index contributed by atoms with van der Waals surface area (Å²) in [5.41, 5.74) is -0.239. The number of nitrogens with zero attached hydrogens (tertiary/aromatic N) is 1. The molecule has 3 aromatic rings. The van der Waals surface area contributed by atoms with E-state index in [9.17, 15) is 31.1 Å². The minimum atomic E-state index is -5.01. The smallest absolute Gasteiger partial charge is 0.416 e. The number of hydrogen-bond donors (Lipinski definition) is 0. The van der Waals surface area contributed by atoms with Gasteiger partial charge in [-0.15, -0.1) is 0 Å². The van der Waals surface area contributed by atoms with Gasteiger partial charge >= 0.3 is 18.4 Å². The number of carbonyl (C=O) groups excluding carboxylic acids is 1. The van der Waals surface area contributed by atoms with Crippen LogP contribution in [0.15, 0.2) is 59.1 Å². The first kappa shape index (κ1) is 27.8. The molecule has 1 saturated heterocycles. The van der Waals surface area contributed by atoms with E-state index in [0.29, 0.717) is 23.4 Å². The van der Waals surface area contributed by atoms with Crippen LogP contribution in [-0.2, 0) is 23.6 Å². The number of carbonyl (C=O) groups is 1. The predicted octanol–water partition coefficient (Wildman–Crippen LogP) is 8.55. The number of methoxy groups -OCH3 is 1. The van der Waals surface area contributed by atoms with E-state index in [4.69, 9.17) is 9.47 Å². The first-order chi connectivity index (χ1) is 17.7. The second-order valence-electron chi connectivity index (χ2n) is 9.02. The molecule has 0 aromatic heterocycles. The van der Waals surface area contributed by atoms with E-state index in [0.717, 1.165) is 21.2 Å². The lowest BCUT2D eigenvalue weighted by atomic mass is 9.95. The van der Waals surface area contributed by atoms with Gasteiger partial charge in [0.1, 0.15) is 11.9 Å². The predicted molar refractivity (Wildman–Crippen MR) is 132 cm³/mol. The van der Waals surface area contributed by atoms with Crippen molar-refractivity contribution in [2.45, 2.75) is 44.9 Å². The number of hydrogen-bond acceptors (Lipinski definition) is 3. The molecule has 0 aliphatic carbocycles. The molecule has 11 heteroatoms. The van der Waals surface area contributed by atoms with Crippen molar-refractivity contribution in [3.8, 4) is 16.9 Å². The molecule has 1 aliphatic rings. The van der Waals surface area contributed by atoms with E-state index in [-0.39, 0.29) is 18.2 Å². The summed E-state index contributed by atoms with van der Waals surface area (Å²) < 4.78 is 92.0. The number of benzene rings is 3. The van der Waals surface area contributed by atoms with E-state index in [1.54, 1.807) is 6.07 Å². The Morgan fingerprint density at radius 3 is 2.13 bits per heavy atom. The molecule has 3 aromatic carbocycles. The highest BCUT2D eigenvalue weighted by Crippen LogP contribution is 2.42. The maximum absolute atomic E-state index is 13.4. The molecule has 0 bridgehead atoms. The monoisotopic (exact) mass is 601 g/mol. The third-order valence-corrected chi connectivity index (χ3v) is 6.88. The molecule has 0 spiro atoms. The summed E-state index contributed by atoms with van der Waals surface area (Å²) in [4.78, 5) is 14.2. The molecule has 1 amide bonds. The van der Waals surface area contributed by atoms with E-state index < -0.39 is 41.7 Å². The Balaban J connectivity index is 1.72. The third-order valence-electron chi connectivity index (χ3n) is 6.38. The van der Waals surface area contributed by atoms with Crippen molar-refractivity contribution in [3.63, 3.8) is 0 Å². The second kappa shape index (κ2) is 10.2. The quantitative estimate of drug-likeness (QED) is 0.275. The molecule has 38 heavy (non-hydrogen) atoms. The number of rotatable bonds is 5. The van der Waals surface area contributed by atoms with Crippen molar-refractivity contribution in [2.24, 2.45) is 0 Å². The summed E-state index contributed by atoms with van der Waals surface area (Å²) in [7, 11) is 1.52. The lowest BCUT2D eigenvalue weighted by Gasteiger charge is -2.24. The molecule has 1 aliphatic heterocycles. The van der Waals surface area contributed by atoms with Crippen LogP contribution < -0.4 is 4.74 Å². The number of aryl methyl sites for hydroxylation is 1. The lowest BCUT2D eigenvalue weighted by molar-refractivity contribution is -0.143. The first-order valence-electron chi connectivity index (χ1n) is 11.4. The van der Waals surface area contributed by atoms with Gasteiger partial charge in [-0.25, -0.2) is 4.79 Å². The molecule has 0 saturated carbocycles. The lowest BCUT2D eigenvalue weighted by Crippen LogP contribution is -2.31. The molecule has 4 rings (SSSR count). The van der Waals surface area contributed by atoms with Gasteiger partial charge in [0.2, 0.25) is 0 Å². The van der Waals surface area contributed by atoms with E-state index in [1.807, 2.05) is 37.3 Å². The van der Waals surface area contributed by atoms with E-state index in [1.165, 1.54) is 18.9 Å². The molecule has 202 valence electrons. The number of ether oxygens (including phenoxy) is 2. The van der Waals surface area contributed by atoms with Gasteiger partial charge in [0.25, 0.3) is 0 Å². The maximum atomic E-state index is 13.4. The minimum Gasteiger partial charge on any atom is -0.496 e. The zero-order valence-corrected chi connectivity index (χ0v) is 22.0. The van der Waals surface area contributed by atoms with Gasteiger partial charge in [-0.2, -0.15) is 26.3 Å². The molecule has 4 nitrogen and oxygen atoms in total. The molecule has 0 radical (unpaired) electrons. The highest BCUT2D eigenvalue weighted by Gasteiger charge is 2.43. The van der Waals surface area contributed by atoms with Crippen LogP contribution >= 0.6 is 15.9 Å². The van der Waals surface area contributed by atoms with Crippen molar-refractivity contribution < 1.29 is 40.6 Å². The number of amides is 1. The Hall–Kier alpha value is -3.21. The molecule has 2 atom stereocenters. The van der Waals surface area contributed by atoms with Crippen LogP contribution in [0.3, 0.4) is 0 Å². The van der Waals surface area contributed by atoms with Gasteiger partial charge < -0.3 is 9.47 Å². The van der Waals surface area contributed by atoms with E-state index >= 15 is 0 Å². The summed E-state index contributed by atoms with van der Waals surface area (Å²) in [5, 5.41) is 0. The Labute approximate surface area is 223 Å². The summed E-state index contributed by atoms with van der Waals surface area (Å²) >= 11 is 3.44. The Morgan fingerprint density at radius 2 is 1.55 bits per heavy atom. The fourth-order valence-corrected chi connectivity index (χ4v) is 4.85. The Kier molecular flexibility index (Phi) is 7.44. The molecule has 0 unspecified atom stereocenters. The summed E-state index contributed by atoms with van der Waals surface area (Å²) in [5.74, 6) is 0.580. The van der Waals surface area contributed by atoms with Crippen LogP contribution in [0.1, 0.15) is 40.8 Å². The van der Waals surface area contributed by atoms with E-state index in [2.05, 4.69) is 15.9 Å². The third kappa shape index (κ3) is 5.62. The molecule has 1 fully saturated rings. The van der Waals surface area contributed by atoms with Gasteiger partial charge in [-0.1, -0.05) is 39.7 Å². The van der Waals surface area contributed by atoms with Gasteiger partial charge in [-0.3, -0.25) is 4.90 Å². The second-order valence-corrected chi connectivity index (χ2v) is 9.93. The minimum absolute atomic E-state index is 0.00820. The van der Waals surface area contributed by atoms with Crippen LogP contribution in [0.5, 0.6) is 5.75 Å². The van der Waals surface area contributed by atoms with Gasteiger partial charge in [0, 0.05) is 10.0 Å². The van der Waals surface area contributed by atoms with Crippen LogP contribution in [0.4, 0.5) is 31.1 Å². The van der Waals surface area contributed by atoms with Crippen molar-refractivity contribution in [3.05, 3.63) is 86.9 Å². The zero-order chi connectivity index (χ0) is 28.0. The van der Waals surface area contributed by atoms with Crippen molar-refractivity contribution >= 4 is 22.0 Å². The fraction of sp³-hybridized carbons (Fsp3) is 0.296. The number of alkyl halides is 6. The molecular weight excluding hydrogens is 580 g/mol. The maximum Gasteiger partial charge on any atom is 0.416 e. The van der Waals surface area contributed by atoms with Crippen LogP contribution in [0, 0.1) is 6.92 Å². The Morgan fingerprint density at radius 1 is 0.921 bits per heavy atom. The van der Waals surface area contributed by atoms with Crippen LogP contribution in [0.25, 0.3) is 11.1 Å². The number of halogens is 7. The largest absolute Gasteiger partial charge is 0.496 e. The van der Waals surface area contributed by atoms with Crippen molar-refractivity contribution in [2.75, 3.05) is 7.11 Å². The molecule has 0 N–H and O–H groups in total. The zero-order valence-electron chi connectivity index (χ0n) is 20.4. The van der Waals surface area contributed by atoms with Gasteiger partial charge in [0.15, 0.2) is 0 Å². The topological polar surface area (TPSA) is 38.8 Å². The Bertz CT molecular complexity index is 1340. The summed E-state index contributed by atoms with van der Waals surface area (Å²) in [6, 6.07) is 11.4. The average Bonchev–Trinajstić information content (AvgIpc) is 3.11. The standard InChI is InChI=1S/C27H22BrF6NO3/c1-14-4-6-21(22-12-20(28)5-7-23(22)37-3)17(8-14)13-35-15(2)24(38-25(35)36)16-9-18(26(29,30)31)11-19(10-16)27(32,33)34/h4-12,15,24H,13H2,1-3H3/t15-,24-/m0/s1. The van der Waals surface area contributed by atoms with Crippen LogP contribution in [0.2, 0.25) is 0 Å². The number of cyclic esters (lactones) is 1. The van der Waals surface area contributed by atoms with Crippen LogP contribution in [-0.4, -0.2) is 24.1 Å². The summed E-state index contributed by atoms with van der Waals surface area (Å²) in [6.07, 6.45) is -12.2. The SMILES string of the molecule is COc1ccc(Br)cc1-c1ccc(C)cc1CN1C(=O)O[C@H](c2cc(C(F)(F)F)cc(C(F)(F)F)c2)[C@@H]1C. The highest BCUT2D eigenvalue weighted by molar-refractivity contribution is 9.10. The highest BCUT2D eigenvalue weighted by atomic mass is 79.9.